The smallest absolute Gasteiger partial charge is 0.0741 e. The number of aliphatic hydroxyl groups is 1. The first-order valence-corrected chi connectivity index (χ1v) is 5.94. The molecule has 16 heavy (non-hydrogen) atoms. The Labute approximate surface area is 98.7 Å². The maximum Gasteiger partial charge on any atom is 0.0741 e. The highest BCUT2D eigenvalue weighted by Crippen LogP contribution is 2.11. The molecule has 1 unspecified atom stereocenters. The summed E-state index contributed by atoms with van der Waals surface area (Å²) in [4.78, 5) is 0. The van der Waals surface area contributed by atoms with Gasteiger partial charge < -0.3 is 10.4 Å². The molecule has 2 heteroatoms. The highest BCUT2D eigenvalue weighted by molar-refractivity contribution is 5.30. The molecular formula is C14H23NO. The second kappa shape index (κ2) is 5.46. The SMILES string of the molecule is CCC(C)(O)CNCc1ccc(C)cc1C. The third kappa shape index (κ3) is 3.95. The summed E-state index contributed by atoms with van der Waals surface area (Å²) in [6.45, 7) is 9.55. The Hall–Kier alpha value is -0.860. The van der Waals surface area contributed by atoms with Gasteiger partial charge in [-0.3, -0.25) is 0 Å². The van der Waals surface area contributed by atoms with Gasteiger partial charge in [0.2, 0.25) is 0 Å². The molecule has 0 aromatic heterocycles. The molecule has 0 fully saturated rings. The third-order valence-electron chi connectivity index (χ3n) is 3.08. The molecule has 0 aliphatic rings. The summed E-state index contributed by atoms with van der Waals surface area (Å²) in [7, 11) is 0. The second-order valence-corrected chi connectivity index (χ2v) is 4.88. The monoisotopic (exact) mass is 221 g/mol. The first-order valence-electron chi connectivity index (χ1n) is 5.94. The quantitative estimate of drug-likeness (QED) is 0.801. The van der Waals surface area contributed by atoms with Crippen molar-refractivity contribution in [2.45, 2.75) is 46.3 Å². The molecule has 0 aliphatic heterocycles. The van der Waals surface area contributed by atoms with Crippen LogP contribution in [0.3, 0.4) is 0 Å². The fourth-order valence-corrected chi connectivity index (χ4v) is 1.64. The molecule has 1 aromatic carbocycles. The van der Waals surface area contributed by atoms with Crippen molar-refractivity contribution in [3.05, 3.63) is 34.9 Å². The molecule has 1 rings (SSSR count). The minimum atomic E-state index is -0.599. The van der Waals surface area contributed by atoms with Gasteiger partial charge >= 0.3 is 0 Å². The van der Waals surface area contributed by atoms with Crippen LogP contribution in [0.5, 0.6) is 0 Å². The van der Waals surface area contributed by atoms with Crippen LogP contribution >= 0.6 is 0 Å². The Balaban J connectivity index is 2.49. The van der Waals surface area contributed by atoms with Crippen LogP contribution < -0.4 is 5.32 Å². The lowest BCUT2D eigenvalue weighted by Gasteiger charge is -2.22. The zero-order valence-electron chi connectivity index (χ0n) is 10.8. The number of benzene rings is 1. The van der Waals surface area contributed by atoms with Crippen LogP contribution in [0, 0.1) is 13.8 Å². The summed E-state index contributed by atoms with van der Waals surface area (Å²) in [6, 6.07) is 6.47. The van der Waals surface area contributed by atoms with E-state index in [9.17, 15) is 5.11 Å². The Bertz CT molecular complexity index is 345. The summed E-state index contributed by atoms with van der Waals surface area (Å²) in [5.41, 5.74) is 3.31. The summed E-state index contributed by atoms with van der Waals surface area (Å²) in [5, 5.41) is 13.2. The Morgan fingerprint density at radius 1 is 1.31 bits per heavy atom. The van der Waals surface area contributed by atoms with Crippen molar-refractivity contribution in [1.29, 1.82) is 0 Å². The zero-order chi connectivity index (χ0) is 12.2. The van der Waals surface area contributed by atoms with Crippen LogP contribution in [0.15, 0.2) is 18.2 Å². The van der Waals surface area contributed by atoms with Gasteiger partial charge in [0, 0.05) is 13.1 Å². The highest BCUT2D eigenvalue weighted by Gasteiger charge is 2.16. The minimum Gasteiger partial charge on any atom is -0.389 e. The lowest BCUT2D eigenvalue weighted by molar-refractivity contribution is 0.0555. The number of nitrogens with one attached hydrogen (secondary N) is 1. The predicted octanol–water partition coefficient (Wildman–Crippen LogP) is 2.55. The summed E-state index contributed by atoms with van der Waals surface area (Å²) >= 11 is 0. The molecule has 2 nitrogen and oxygen atoms in total. The average molecular weight is 221 g/mol. The van der Waals surface area contributed by atoms with Crippen LogP contribution in [-0.4, -0.2) is 17.3 Å². The lowest BCUT2D eigenvalue weighted by atomic mass is 10.0. The lowest BCUT2D eigenvalue weighted by Crippen LogP contribution is -2.36. The molecule has 0 bridgehead atoms. The molecule has 0 saturated heterocycles. The van der Waals surface area contributed by atoms with E-state index in [2.05, 4.69) is 37.4 Å². The molecule has 2 N–H and O–H groups in total. The largest absolute Gasteiger partial charge is 0.389 e. The van der Waals surface area contributed by atoms with E-state index in [0.29, 0.717) is 6.54 Å². The summed E-state index contributed by atoms with van der Waals surface area (Å²) in [5.74, 6) is 0. The van der Waals surface area contributed by atoms with Crippen molar-refractivity contribution in [2.75, 3.05) is 6.54 Å². The second-order valence-electron chi connectivity index (χ2n) is 4.88. The number of rotatable bonds is 5. The third-order valence-corrected chi connectivity index (χ3v) is 3.08. The molecule has 0 saturated carbocycles. The van der Waals surface area contributed by atoms with Crippen LogP contribution in [0.1, 0.15) is 37.0 Å². The molecule has 0 spiro atoms. The van der Waals surface area contributed by atoms with E-state index in [4.69, 9.17) is 0 Å². The maximum atomic E-state index is 9.85. The van der Waals surface area contributed by atoms with Gasteiger partial charge in [-0.2, -0.15) is 0 Å². The van der Waals surface area contributed by atoms with Crippen molar-refractivity contribution in [1.82, 2.24) is 5.32 Å². The number of hydrogen-bond donors (Lipinski definition) is 2. The molecule has 90 valence electrons. The van der Waals surface area contributed by atoms with Gasteiger partial charge in [-0.1, -0.05) is 30.7 Å². The normalized spacial score (nSPS) is 14.8. The van der Waals surface area contributed by atoms with E-state index in [0.717, 1.165) is 13.0 Å². The molecule has 0 aliphatic carbocycles. The minimum absolute atomic E-state index is 0.599. The van der Waals surface area contributed by atoms with Crippen LogP contribution in [0.25, 0.3) is 0 Å². The first kappa shape index (κ1) is 13.2. The summed E-state index contributed by atoms with van der Waals surface area (Å²) in [6.07, 6.45) is 0.771. The topological polar surface area (TPSA) is 32.3 Å². The first-order chi connectivity index (χ1) is 7.44. The zero-order valence-corrected chi connectivity index (χ0v) is 10.8. The van der Waals surface area contributed by atoms with E-state index < -0.39 is 5.60 Å². The van der Waals surface area contributed by atoms with Gasteiger partial charge in [0.1, 0.15) is 0 Å². The molecular weight excluding hydrogens is 198 g/mol. The van der Waals surface area contributed by atoms with Crippen molar-refractivity contribution in [3.63, 3.8) is 0 Å². The maximum absolute atomic E-state index is 9.85. The Morgan fingerprint density at radius 2 is 2.00 bits per heavy atom. The molecule has 0 heterocycles. The van der Waals surface area contributed by atoms with Crippen molar-refractivity contribution < 1.29 is 5.11 Å². The van der Waals surface area contributed by atoms with E-state index in [1.807, 2.05) is 13.8 Å². The molecule has 1 aromatic rings. The molecule has 1 atom stereocenters. The molecule has 0 radical (unpaired) electrons. The number of hydrogen-bond acceptors (Lipinski definition) is 2. The fraction of sp³-hybridized carbons (Fsp3) is 0.571. The van der Waals surface area contributed by atoms with Crippen LogP contribution in [-0.2, 0) is 6.54 Å². The Kier molecular flexibility index (Phi) is 4.51. The molecule has 0 amide bonds. The highest BCUT2D eigenvalue weighted by atomic mass is 16.3. The van der Waals surface area contributed by atoms with Gasteiger partial charge in [-0.25, -0.2) is 0 Å². The van der Waals surface area contributed by atoms with Gasteiger partial charge in [-0.15, -0.1) is 0 Å². The van der Waals surface area contributed by atoms with Crippen molar-refractivity contribution >= 4 is 0 Å². The van der Waals surface area contributed by atoms with Gasteiger partial charge in [0.25, 0.3) is 0 Å². The van der Waals surface area contributed by atoms with Crippen molar-refractivity contribution in [2.24, 2.45) is 0 Å². The van der Waals surface area contributed by atoms with E-state index in [1.165, 1.54) is 16.7 Å². The van der Waals surface area contributed by atoms with Gasteiger partial charge in [0.05, 0.1) is 5.60 Å². The van der Waals surface area contributed by atoms with Crippen molar-refractivity contribution in [3.8, 4) is 0 Å². The van der Waals surface area contributed by atoms with E-state index >= 15 is 0 Å². The fourth-order valence-electron chi connectivity index (χ4n) is 1.64. The summed E-state index contributed by atoms with van der Waals surface area (Å²) < 4.78 is 0. The predicted molar refractivity (Wildman–Crippen MR) is 68.5 cm³/mol. The standard InChI is InChI=1S/C14H23NO/c1-5-14(4,16)10-15-9-13-7-6-11(2)8-12(13)3/h6-8,15-16H,5,9-10H2,1-4H3. The number of aryl methyl sites for hydroxylation is 2. The van der Waals surface area contributed by atoms with Crippen LogP contribution in [0.2, 0.25) is 0 Å². The van der Waals surface area contributed by atoms with Gasteiger partial charge in [-0.05, 0) is 38.3 Å². The Morgan fingerprint density at radius 3 is 2.56 bits per heavy atom. The van der Waals surface area contributed by atoms with E-state index in [1.54, 1.807) is 0 Å². The van der Waals surface area contributed by atoms with E-state index in [-0.39, 0.29) is 0 Å². The average Bonchev–Trinajstić information content (AvgIpc) is 2.21. The van der Waals surface area contributed by atoms with Gasteiger partial charge in [0.15, 0.2) is 0 Å². The van der Waals surface area contributed by atoms with Crippen LogP contribution in [0.4, 0.5) is 0 Å².